The lowest BCUT2D eigenvalue weighted by Crippen LogP contribution is -2.43. The predicted octanol–water partition coefficient (Wildman–Crippen LogP) is 4.71. The standard InChI is InChI=1S/C26H31FN4O3.C3H8/c1-18(28-14-15-30(2)3)16-21(24(32)17-27)29-25(33)12-13-26(34)31-22-10-6-4-8-19(22)20-9-5-7-11-23(20)31;1-3-2/h4-11,21,28H,1,12-17H2,2-3H3,(H,29,33);3H2,1-2H3. The van der Waals surface area contributed by atoms with Gasteiger partial charge >= 0.3 is 0 Å². The van der Waals surface area contributed by atoms with Gasteiger partial charge in [0.25, 0.3) is 0 Å². The summed E-state index contributed by atoms with van der Waals surface area (Å²) < 4.78 is 14.7. The molecule has 1 heterocycles. The fourth-order valence-corrected chi connectivity index (χ4v) is 3.90. The maximum Gasteiger partial charge on any atom is 0.232 e. The van der Waals surface area contributed by atoms with E-state index in [0.29, 0.717) is 12.2 Å². The smallest absolute Gasteiger partial charge is 0.232 e. The lowest BCUT2D eigenvalue weighted by molar-refractivity contribution is -0.128. The molecule has 0 saturated heterocycles. The molecule has 0 aliphatic rings. The highest BCUT2D eigenvalue weighted by atomic mass is 19.1. The number of para-hydroxylation sites is 2. The summed E-state index contributed by atoms with van der Waals surface area (Å²) in [7, 11) is 3.86. The molecule has 0 aliphatic heterocycles. The number of alkyl halides is 1. The Morgan fingerprint density at radius 3 is 2.03 bits per heavy atom. The Balaban J connectivity index is 0.00000153. The van der Waals surface area contributed by atoms with Crippen LogP contribution in [0.2, 0.25) is 0 Å². The number of nitrogens with one attached hydrogen (secondary N) is 2. The molecule has 1 unspecified atom stereocenters. The predicted molar refractivity (Wildman–Crippen MR) is 148 cm³/mol. The Morgan fingerprint density at radius 1 is 0.973 bits per heavy atom. The average Bonchev–Trinajstić information content (AvgIpc) is 3.21. The summed E-state index contributed by atoms with van der Waals surface area (Å²) in [6.45, 7) is 8.31. The second kappa shape index (κ2) is 14.9. The zero-order chi connectivity index (χ0) is 27.4. The van der Waals surface area contributed by atoms with E-state index in [2.05, 4.69) is 31.1 Å². The maximum absolute atomic E-state index is 13.1. The number of likely N-dealkylation sites (N-methyl/N-ethyl adjacent to an activating group) is 1. The van der Waals surface area contributed by atoms with E-state index in [4.69, 9.17) is 0 Å². The van der Waals surface area contributed by atoms with E-state index in [1.807, 2.05) is 67.5 Å². The third-order valence-electron chi connectivity index (χ3n) is 5.64. The van der Waals surface area contributed by atoms with Crippen LogP contribution in [-0.2, 0) is 9.59 Å². The molecule has 37 heavy (non-hydrogen) atoms. The number of carbonyl (C=O) groups excluding carboxylic acids is 3. The lowest BCUT2D eigenvalue weighted by Gasteiger charge is -2.19. The van der Waals surface area contributed by atoms with E-state index < -0.39 is 24.4 Å². The van der Waals surface area contributed by atoms with Gasteiger partial charge in [0.2, 0.25) is 11.8 Å². The number of aromatic nitrogens is 1. The van der Waals surface area contributed by atoms with Crippen molar-refractivity contribution >= 4 is 39.4 Å². The zero-order valence-corrected chi connectivity index (χ0v) is 22.4. The largest absolute Gasteiger partial charge is 0.387 e. The van der Waals surface area contributed by atoms with Gasteiger partial charge in [-0.2, -0.15) is 0 Å². The third-order valence-corrected chi connectivity index (χ3v) is 5.64. The van der Waals surface area contributed by atoms with Crippen molar-refractivity contribution in [1.82, 2.24) is 20.1 Å². The van der Waals surface area contributed by atoms with Crippen LogP contribution < -0.4 is 10.6 Å². The van der Waals surface area contributed by atoms with E-state index in [9.17, 15) is 18.8 Å². The quantitative estimate of drug-likeness (QED) is 0.369. The first-order valence-electron chi connectivity index (χ1n) is 12.7. The third kappa shape index (κ3) is 8.53. The van der Waals surface area contributed by atoms with E-state index >= 15 is 0 Å². The van der Waals surface area contributed by atoms with Crippen molar-refractivity contribution in [1.29, 1.82) is 0 Å². The van der Waals surface area contributed by atoms with Gasteiger partial charge in [-0.1, -0.05) is 63.2 Å². The Bertz CT molecular complexity index is 1170. The molecule has 200 valence electrons. The Kier molecular flexibility index (Phi) is 12.0. The van der Waals surface area contributed by atoms with Crippen LogP contribution >= 0.6 is 0 Å². The molecule has 1 atom stereocenters. The fraction of sp³-hybridized carbons (Fsp3) is 0.414. The number of hydrogen-bond acceptors (Lipinski definition) is 5. The van der Waals surface area contributed by atoms with E-state index in [-0.39, 0.29) is 25.2 Å². The number of amides is 1. The molecule has 3 aromatic rings. The molecule has 8 heteroatoms. The number of hydrogen-bond donors (Lipinski definition) is 2. The molecular formula is C29H39FN4O3. The van der Waals surface area contributed by atoms with Crippen molar-refractivity contribution in [2.24, 2.45) is 0 Å². The molecule has 2 aromatic carbocycles. The molecule has 3 rings (SSSR count). The Hall–Kier alpha value is -3.52. The number of benzene rings is 2. The van der Waals surface area contributed by atoms with Crippen molar-refractivity contribution in [3.63, 3.8) is 0 Å². The maximum atomic E-state index is 13.1. The van der Waals surface area contributed by atoms with Crippen LogP contribution in [0.4, 0.5) is 4.39 Å². The minimum Gasteiger partial charge on any atom is -0.387 e. The van der Waals surface area contributed by atoms with Gasteiger partial charge < -0.3 is 15.5 Å². The molecule has 1 amide bonds. The van der Waals surface area contributed by atoms with Crippen LogP contribution in [0.5, 0.6) is 0 Å². The molecular weight excluding hydrogens is 471 g/mol. The van der Waals surface area contributed by atoms with Gasteiger partial charge in [-0.15, -0.1) is 0 Å². The van der Waals surface area contributed by atoms with Gasteiger partial charge in [-0.3, -0.25) is 19.0 Å². The van der Waals surface area contributed by atoms with Gasteiger partial charge in [0.15, 0.2) is 5.78 Å². The SMILES string of the molecule is C=C(CC(NC(=O)CCC(=O)n1c2ccccc2c2ccccc21)C(=O)CF)NCCN(C)C.CCC. The Labute approximate surface area is 218 Å². The molecule has 1 aromatic heterocycles. The van der Waals surface area contributed by atoms with Crippen LogP contribution in [-0.4, -0.2) is 67.0 Å². The number of rotatable bonds is 12. The van der Waals surface area contributed by atoms with Crippen LogP contribution in [0.3, 0.4) is 0 Å². The van der Waals surface area contributed by atoms with Crippen molar-refractivity contribution in [3.8, 4) is 0 Å². The zero-order valence-electron chi connectivity index (χ0n) is 22.4. The number of halogens is 1. The van der Waals surface area contributed by atoms with Crippen LogP contribution in [0, 0.1) is 0 Å². The summed E-state index contributed by atoms with van der Waals surface area (Å²) in [6.07, 6.45) is 1.17. The highest BCUT2D eigenvalue weighted by molar-refractivity contribution is 6.13. The fourth-order valence-electron chi connectivity index (χ4n) is 3.90. The summed E-state index contributed by atoms with van der Waals surface area (Å²) >= 11 is 0. The van der Waals surface area contributed by atoms with E-state index in [1.54, 1.807) is 4.57 Å². The number of carbonyl (C=O) groups is 3. The van der Waals surface area contributed by atoms with Crippen LogP contribution in [0.25, 0.3) is 21.8 Å². The molecule has 0 aliphatic carbocycles. The van der Waals surface area contributed by atoms with E-state index in [1.165, 1.54) is 6.42 Å². The number of ketones is 1. The Morgan fingerprint density at radius 2 is 1.51 bits per heavy atom. The lowest BCUT2D eigenvalue weighted by atomic mass is 10.1. The average molecular weight is 511 g/mol. The molecule has 0 fully saturated rings. The normalized spacial score (nSPS) is 11.6. The van der Waals surface area contributed by atoms with Crippen molar-refractivity contribution in [3.05, 3.63) is 60.8 Å². The second-order valence-electron chi connectivity index (χ2n) is 9.23. The van der Waals surface area contributed by atoms with Crippen molar-refractivity contribution in [2.75, 3.05) is 33.9 Å². The highest BCUT2D eigenvalue weighted by Crippen LogP contribution is 2.29. The first kappa shape index (κ1) is 29.7. The minimum atomic E-state index is -1.18. The monoisotopic (exact) mass is 510 g/mol. The molecule has 0 saturated carbocycles. The summed E-state index contributed by atoms with van der Waals surface area (Å²) in [5.41, 5.74) is 2.09. The number of nitrogens with zero attached hydrogens (tertiary/aromatic N) is 2. The van der Waals surface area contributed by atoms with Crippen molar-refractivity contribution in [2.45, 2.75) is 45.6 Å². The van der Waals surface area contributed by atoms with Crippen LogP contribution in [0.1, 0.15) is 44.3 Å². The summed E-state index contributed by atoms with van der Waals surface area (Å²) in [5, 5.41) is 7.58. The first-order valence-corrected chi connectivity index (χ1v) is 12.7. The minimum absolute atomic E-state index is 0.0485. The van der Waals surface area contributed by atoms with Crippen molar-refractivity contribution < 1.29 is 18.8 Å². The van der Waals surface area contributed by atoms with Gasteiger partial charge in [-0.25, -0.2) is 4.39 Å². The van der Waals surface area contributed by atoms with Crippen LogP contribution in [0.15, 0.2) is 60.8 Å². The molecule has 0 bridgehead atoms. The molecule has 7 nitrogen and oxygen atoms in total. The topological polar surface area (TPSA) is 83.4 Å². The summed E-state index contributed by atoms with van der Waals surface area (Å²) in [5.74, 6) is -1.43. The molecule has 2 N–H and O–H groups in total. The van der Waals surface area contributed by atoms with Gasteiger partial charge in [-0.05, 0) is 26.2 Å². The number of fused-ring (bicyclic) bond motifs is 3. The summed E-state index contributed by atoms with van der Waals surface area (Å²) in [6, 6.07) is 14.2. The second-order valence-corrected chi connectivity index (χ2v) is 9.23. The first-order chi connectivity index (χ1) is 17.7. The number of Topliss-reactive ketones (excluding diaryl/α,β-unsaturated/α-hetero) is 1. The van der Waals surface area contributed by atoms with Gasteiger partial charge in [0.05, 0.1) is 17.1 Å². The highest BCUT2D eigenvalue weighted by Gasteiger charge is 2.22. The van der Waals surface area contributed by atoms with Gasteiger partial charge in [0.1, 0.15) is 6.67 Å². The molecule has 0 radical (unpaired) electrons. The van der Waals surface area contributed by atoms with Gasteiger partial charge in [0, 0.05) is 48.8 Å². The summed E-state index contributed by atoms with van der Waals surface area (Å²) in [4.78, 5) is 39.7. The molecule has 0 spiro atoms. The van der Waals surface area contributed by atoms with E-state index in [0.717, 1.165) is 28.4 Å².